The number of aromatic nitrogens is 2. The van der Waals surface area contributed by atoms with E-state index in [1.165, 1.54) is 6.92 Å². The van der Waals surface area contributed by atoms with Crippen molar-refractivity contribution in [2.45, 2.75) is 19.6 Å². The summed E-state index contributed by atoms with van der Waals surface area (Å²) < 4.78 is 38.4. The van der Waals surface area contributed by atoms with Gasteiger partial charge in [-0.15, -0.1) is 0 Å². The molecule has 0 unspecified atom stereocenters. The molecule has 19 heavy (non-hydrogen) atoms. The molecule has 1 amide bonds. The lowest BCUT2D eigenvalue weighted by Gasteiger charge is -2.14. The van der Waals surface area contributed by atoms with E-state index in [0.717, 1.165) is 9.47 Å². The molecule has 0 saturated carbocycles. The lowest BCUT2D eigenvalue weighted by Crippen LogP contribution is -2.32. The van der Waals surface area contributed by atoms with E-state index >= 15 is 0 Å². The Labute approximate surface area is 104 Å². The highest BCUT2D eigenvalue weighted by Crippen LogP contribution is 2.29. The van der Waals surface area contributed by atoms with Gasteiger partial charge in [0.1, 0.15) is 12.3 Å². The maximum absolute atomic E-state index is 12.5. The normalized spacial score (nSPS) is 14.7. The fourth-order valence-electron chi connectivity index (χ4n) is 1.71. The number of carbonyl (C=O) groups is 2. The number of Topliss-reactive ketones (excluding diaryl/α,β-unsaturated/α-hetero) is 1. The first-order valence-corrected chi connectivity index (χ1v) is 5.19. The summed E-state index contributed by atoms with van der Waals surface area (Å²) in [5.41, 5.74) is -2.36. The van der Waals surface area contributed by atoms with Crippen molar-refractivity contribution in [3.05, 3.63) is 22.1 Å². The van der Waals surface area contributed by atoms with E-state index in [2.05, 4.69) is 4.98 Å². The molecular formula is C10H8F3N3O3. The van der Waals surface area contributed by atoms with Gasteiger partial charge in [-0.3, -0.25) is 23.9 Å². The van der Waals surface area contributed by atoms with Gasteiger partial charge in [0.25, 0.3) is 5.56 Å². The SMILES string of the molecule is CC(=O)CN1C(=O)Cn2c1nc(C(F)(F)F)cc2=O. The highest BCUT2D eigenvalue weighted by atomic mass is 19.4. The summed E-state index contributed by atoms with van der Waals surface area (Å²) in [6, 6.07) is 0.327. The summed E-state index contributed by atoms with van der Waals surface area (Å²) in [5, 5.41) is 0. The molecule has 0 saturated heterocycles. The molecule has 6 nitrogen and oxygen atoms in total. The van der Waals surface area contributed by atoms with Crippen molar-refractivity contribution in [2.75, 3.05) is 11.4 Å². The van der Waals surface area contributed by atoms with Gasteiger partial charge in [-0.1, -0.05) is 0 Å². The van der Waals surface area contributed by atoms with E-state index in [0.29, 0.717) is 6.07 Å². The smallest absolute Gasteiger partial charge is 0.298 e. The Kier molecular flexibility index (Phi) is 2.91. The molecule has 0 fully saturated rings. The van der Waals surface area contributed by atoms with Crippen LogP contribution in [-0.4, -0.2) is 27.8 Å². The van der Waals surface area contributed by atoms with Gasteiger partial charge in [-0.2, -0.15) is 13.2 Å². The highest BCUT2D eigenvalue weighted by molar-refractivity contribution is 5.99. The van der Waals surface area contributed by atoms with Crippen LogP contribution in [0.25, 0.3) is 0 Å². The molecule has 2 rings (SSSR count). The van der Waals surface area contributed by atoms with Gasteiger partial charge in [0.15, 0.2) is 5.69 Å². The molecule has 1 aliphatic heterocycles. The number of ketones is 1. The molecule has 1 aromatic rings. The standard InChI is InChI=1S/C10H8F3N3O3/c1-5(17)3-15-8(19)4-16-7(18)2-6(10(11,12)13)14-9(15)16/h2H,3-4H2,1H3. The number of fused-ring (bicyclic) bond motifs is 1. The van der Waals surface area contributed by atoms with Gasteiger partial charge in [0.2, 0.25) is 11.9 Å². The number of amides is 1. The van der Waals surface area contributed by atoms with Crippen molar-refractivity contribution in [1.82, 2.24) is 9.55 Å². The number of rotatable bonds is 2. The molecule has 2 heterocycles. The first-order valence-electron chi connectivity index (χ1n) is 5.19. The minimum Gasteiger partial charge on any atom is -0.298 e. The summed E-state index contributed by atoms with van der Waals surface area (Å²) in [5.74, 6) is -1.51. The van der Waals surface area contributed by atoms with E-state index in [1.807, 2.05) is 0 Å². The zero-order chi connectivity index (χ0) is 14.4. The van der Waals surface area contributed by atoms with Crippen molar-refractivity contribution in [1.29, 1.82) is 0 Å². The van der Waals surface area contributed by atoms with Crippen LogP contribution in [0.1, 0.15) is 12.6 Å². The number of anilines is 1. The summed E-state index contributed by atoms with van der Waals surface area (Å²) in [6.07, 6.45) is -4.79. The number of hydrogen-bond acceptors (Lipinski definition) is 4. The first-order chi connectivity index (χ1) is 8.70. The van der Waals surface area contributed by atoms with E-state index < -0.39 is 48.2 Å². The van der Waals surface area contributed by atoms with Crippen LogP contribution in [0.2, 0.25) is 0 Å². The van der Waals surface area contributed by atoms with E-state index in [1.54, 1.807) is 0 Å². The highest BCUT2D eigenvalue weighted by Gasteiger charge is 2.38. The number of alkyl halides is 3. The second-order valence-corrected chi connectivity index (χ2v) is 4.05. The average Bonchev–Trinajstić information content (AvgIpc) is 2.55. The van der Waals surface area contributed by atoms with Crippen LogP contribution in [0.5, 0.6) is 0 Å². The summed E-state index contributed by atoms with van der Waals surface area (Å²) in [7, 11) is 0. The third-order valence-electron chi connectivity index (χ3n) is 2.50. The van der Waals surface area contributed by atoms with Crippen molar-refractivity contribution in [2.24, 2.45) is 0 Å². The van der Waals surface area contributed by atoms with E-state index in [9.17, 15) is 27.6 Å². The number of halogens is 3. The van der Waals surface area contributed by atoms with Gasteiger partial charge in [-0.05, 0) is 6.92 Å². The van der Waals surface area contributed by atoms with Crippen LogP contribution in [0, 0.1) is 0 Å². The molecule has 0 radical (unpaired) electrons. The molecule has 0 atom stereocenters. The maximum Gasteiger partial charge on any atom is 0.433 e. The molecule has 0 bridgehead atoms. The summed E-state index contributed by atoms with van der Waals surface area (Å²) in [4.78, 5) is 38.1. The van der Waals surface area contributed by atoms with Gasteiger partial charge >= 0.3 is 6.18 Å². The van der Waals surface area contributed by atoms with Crippen molar-refractivity contribution >= 4 is 17.6 Å². The Balaban J connectivity index is 2.56. The summed E-state index contributed by atoms with van der Waals surface area (Å²) >= 11 is 0. The largest absolute Gasteiger partial charge is 0.433 e. The molecule has 102 valence electrons. The molecule has 0 aliphatic carbocycles. The maximum atomic E-state index is 12.5. The van der Waals surface area contributed by atoms with E-state index in [-0.39, 0.29) is 0 Å². The van der Waals surface area contributed by atoms with Crippen LogP contribution in [0.4, 0.5) is 19.1 Å². The molecular weight excluding hydrogens is 267 g/mol. The Morgan fingerprint density at radius 2 is 2.05 bits per heavy atom. The third kappa shape index (κ3) is 2.35. The van der Waals surface area contributed by atoms with Gasteiger partial charge in [0, 0.05) is 6.07 Å². The number of carbonyl (C=O) groups excluding carboxylic acids is 2. The number of nitrogens with zero attached hydrogens (tertiary/aromatic N) is 3. The fourth-order valence-corrected chi connectivity index (χ4v) is 1.71. The van der Waals surface area contributed by atoms with Crippen molar-refractivity contribution in [3.63, 3.8) is 0 Å². The molecule has 1 aromatic heterocycles. The first kappa shape index (κ1) is 13.2. The van der Waals surface area contributed by atoms with Gasteiger partial charge < -0.3 is 0 Å². The molecule has 9 heteroatoms. The van der Waals surface area contributed by atoms with Crippen LogP contribution in [-0.2, 0) is 22.3 Å². The Bertz CT molecular complexity index is 621. The minimum absolute atomic E-state index is 0.327. The average molecular weight is 275 g/mol. The Morgan fingerprint density at radius 3 is 2.58 bits per heavy atom. The molecule has 0 spiro atoms. The van der Waals surface area contributed by atoms with Crippen LogP contribution in [0.15, 0.2) is 10.9 Å². The van der Waals surface area contributed by atoms with Crippen molar-refractivity contribution < 1.29 is 22.8 Å². The topological polar surface area (TPSA) is 72.3 Å². The Hall–Kier alpha value is -2.19. The second kappa shape index (κ2) is 4.18. The molecule has 1 aliphatic rings. The van der Waals surface area contributed by atoms with Gasteiger partial charge in [0.05, 0.1) is 6.54 Å². The lowest BCUT2D eigenvalue weighted by molar-refractivity contribution is -0.141. The lowest BCUT2D eigenvalue weighted by atomic mass is 10.4. The van der Waals surface area contributed by atoms with Crippen LogP contribution < -0.4 is 10.5 Å². The van der Waals surface area contributed by atoms with E-state index in [4.69, 9.17) is 0 Å². The fraction of sp³-hybridized carbons (Fsp3) is 0.400. The minimum atomic E-state index is -4.79. The van der Waals surface area contributed by atoms with Crippen LogP contribution >= 0.6 is 0 Å². The third-order valence-corrected chi connectivity index (χ3v) is 2.50. The monoisotopic (exact) mass is 275 g/mol. The number of hydrogen-bond donors (Lipinski definition) is 0. The predicted molar refractivity (Wildman–Crippen MR) is 56.5 cm³/mol. The van der Waals surface area contributed by atoms with Crippen LogP contribution in [0.3, 0.4) is 0 Å². The Morgan fingerprint density at radius 1 is 1.42 bits per heavy atom. The zero-order valence-corrected chi connectivity index (χ0v) is 9.69. The molecule has 0 N–H and O–H groups in total. The van der Waals surface area contributed by atoms with Crippen molar-refractivity contribution in [3.8, 4) is 0 Å². The quantitative estimate of drug-likeness (QED) is 0.772. The van der Waals surface area contributed by atoms with Gasteiger partial charge in [-0.25, -0.2) is 4.98 Å². The molecule has 0 aromatic carbocycles. The summed E-state index contributed by atoms with van der Waals surface area (Å²) in [6.45, 7) is 0.362. The predicted octanol–water partition coefficient (Wildman–Crippen LogP) is 0.198. The zero-order valence-electron chi connectivity index (χ0n) is 9.69. The second-order valence-electron chi connectivity index (χ2n) is 4.05.